The number of methoxy groups -OCH3 is 1. The maximum Gasteiger partial charge on any atom is 0.356 e. The molecular weight excluding hydrogens is 495 g/mol. The number of ether oxygens (including phenoxy) is 2. The van der Waals surface area contributed by atoms with Crippen LogP contribution in [0.15, 0.2) is 0 Å². The average Bonchev–Trinajstić information content (AvgIpc) is 2.88. The molecule has 1 aliphatic heterocycles. The second-order valence-electron chi connectivity index (χ2n) is 14.7. The topological polar surface area (TPSA) is 89.2 Å². The number of nitrogens with two attached hydrogens (primary N) is 1. The minimum Gasteiger partial charge on any atom is -0.466 e. The summed E-state index contributed by atoms with van der Waals surface area (Å²) >= 11 is 0. The first-order chi connectivity index (χ1) is 15.2. The minimum atomic E-state index is -2.36. The molecule has 0 aromatic rings. The van der Waals surface area contributed by atoms with E-state index in [4.69, 9.17) is 28.5 Å². The van der Waals surface area contributed by atoms with E-state index >= 15 is 0 Å². The van der Waals surface area contributed by atoms with Gasteiger partial charge >= 0.3 is 5.97 Å². The van der Waals surface area contributed by atoms with Gasteiger partial charge in [0.05, 0.1) is 13.7 Å². The second kappa shape index (κ2) is 10.2. The van der Waals surface area contributed by atoms with Crippen LogP contribution in [0.4, 0.5) is 0 Å². The van der Waals surface area contributed by atoms with Crippen molar-refractivity contribution in [2.75, 3.05) is 13.7 Å². The first-order valence-corrected chi connectivity index (χ1v) is 21.5. The molecule has 0 aliphatic carbocycles. The van der Waals surface area contributed by atoms with Gasteiger partial charge in [-0.25, -0.2) is 4.79 Å². The number of hydrogen-bond acceptors (Lipinski definition) is 7. The predicted molar refractivity (Wildman–Crippen MR) is 151 cm³/mol. The Morgan fingerprint density at radius 1 is 0.800 bits per heavy atom. The summed E-state index contributed by atoms with van der Waals surface area (Å²) in [6, 6.07) is 0. The van der Waals surface area contributed by atoms with Crippen molar-refractivity contribution in [3.63, 3.8) is 0 Å². The fraction of sp³-hybridized carbons (Fsp3) is 0.960. The van der Waals surface area contributed by atoms with Crippen molar-refractivity contribution in [3.05, 3.63) is 0 Å². The van der Waals surface area contributed by atoms with Crippen LogP contribution in [0.3, 0.4) is 0 Å². The summed E-state index contributed by atoms with van der Waals surface area (Å²) in [6.07, 6.45) is -1.92. The van der Waals surface area contributed by atoms with Gasteiger partial charge in [-0.1, -0.05) is 62.3 Å². The molecule has 7 nitrogen and oxygen atoms in total. The molecule has 10 heteroatoms. The van der Waals surface area contributed by atoms with Crippen molar-refractivity contribution in [1.29, 1.82) is 0 Å². The van der Waals surface area contributed by atoms with Crippen LogP contribution in [0.25, 0.3) is 0 Å². The van der Waals surface area contributed by atoms with Crippen LogP contribution in [0.1, 0.15) is 62.3 Å². The zero-order valence-corrected chi connectivity index (χ0v) is 28.5. The molecule has 1 saturated heterocycles. The number of carbonyl (C=O) groups excluding carboxylic acids is 1. The first-order valence-electron chi connectivity index (χ1n) is 12.8. The van der Waals surface area contributed by atoms with Gasteiger partial charge in [0, 0.05) is 0 Å². The van der Waals surface area contributed by atoms with Gasteiger partial charge in [-0.3, -0.25) is 5.73 Å². The maximum atomic E-state index is 13.1. The molecule has 0 amide bonds. The van der Waals surface area contributed by atoms with Crippen molar-refractivity contribution in [2.45, 2.75) is 141 Å². The van der Waals surface area contributed by atoms with Crippen LogP contribution in [-0.4, -0.2) is 68.7 Å². The Morgan fingerprint density at radius 3 is 1.57 bits per heavy atom. The van der Waals surface area contributed by atoms with Crippen LogP contribution in [0.5, 0.6) is 0 Å². The monoisotopic (exact) mass is 549 g/mol. The second-order valence-corrected chi connectivity index (χ2v) is 29.0. The number of carbonyl (C=O) groups is 1. The molecule has 0 aromatic heterocycles. The van der Waals surface area contributed by atoms with Crippen molar-refractivity contribution < 1.29 is 27.5 Å². The highest BCUT2D eigenvalue weighted by atomic mass is 28.4. The fourth-order valence-corrected chi connectivity index (χ4v) is 6.71. The lowest BCUT2D eigenvalue weighted by Gasteiger charge is -2.45. The summed E-state index contributed by atoms with van der Waals surface area (Å²) in [4.78, 5) is 13.1. The van der Waals surface area contributed by atoms with E-state index in [1.165, 1.54) is 7.11 Å². The number of rotatable bonds is 8. The number of esters is 1. The predicted octanol–water partition coefficient (Wildman–Crippen LogP) is 6.02. The van der Waals surface area contributed by atoms with Crippen molar-refractivity contribution in [3.8, 4) is 0 Å². The van der Waals surface area contributed by atoms with Gasteiger partial charge in [0.2, 0.25) is 5.72 Å². The minimum absolute atomic E-state index is 0.0284. The highest BCUT2D eigenvalue weighted by Crippen LogP contribution is 2.46. The lowest BCUT2D eigenvalue weighted by Crippen LogP contribution is -2.63. The first kappa shape index (κ1) is 32.9. The molecular formula is C25H55NO6Si3. The third-order valence-corrected chi connectivity index (χ3v) is 22.2. The molecule has 0 spiro atoms. The zero-order valence-electron chi connectivity index (χ0n) is 25.5. The highest BCUT2D eigenvalue weighted by molar-refractivity contribution is 6.75. The molecule has 1 aliphatic rings. The molecule has 1 fully saturated rings. The molecule has 2 N–H and O–H groups in total. The summed E-state index contributed by atoms with van der Waals surface area (Å²) in [5, 5.41) is -0.119. The lowest BCUT2D eigenvalue weighted by atomic mass is 10.0. The van der Waals surface area contributed by atoms with Crippen LogP contribution in [0, 0.1) is 0 Å². The maximum absolute atomic E-state index is 13.1. The van der Waals surface area contributed by atoms with Crippen LogP contribution >= 0.6 is 0 Å². The molecule has 0 saturated carbocycles. The molecule has 0 aromatic carbocycles. The quantitative estimate of drug-likeness (QED) is 0.293. The lowest BCUT2D eigenvalue weighted by molar-refractivity contribution is -0.175. The number of hydrogen-bond donors (Lipinski definition) is 1. The summed E-state index contributed by atoms with van der Waals surface area (Å²) in [6.45, 7) is 33.0. The van der Waals surface area contributed by atoms with E-state index in [0.717, 1.165) is 0 Å². The van der Waals surface area contributed by atoms with Crippen molar-refractivity contribution in [1.82, 2.24) is 0 Å². The van der Waals surface area contributed by atoms with Gasteiger partial charge in [-0.15, -0.1) is 0 Å². The van der Waals surface area contributed by atoms with Gasteiger partial charge < -0.3 is 22.8 Å². The van der Waals surface area contributed by atoms with Crippen LogP contribution in [0.2, 0.25) is 54.4 Å². The standard InChI is InChI=1S/C25H55NO6Si3/c1-22(2,3)33(11,12)29-17-18-19(31-34(13,14)23(4,5)6)20(25(26,30-18)21(27)28-10)32-35(15,16)24(7,8)9/h18-20H,17,26H2,1-16H3/t18-,19-,20+,25-/m1/s1. The summed E-state index contributed by atoms with van der Waals surface area (Å²) in [5.41, 5.74) is 4.95. The van der Waals surface area contributed by atoms with E-state index in [0.29, 0.717) is 0 Å². The molecule has 4 atom stereocenters. The van der Waals surface area contributed by atoms with Gasteiger partial charge in [-0.2, -0.15) is 0 Å². The fourth-order valence-electron chi connectivity index (χ4n) is 3.09. The molecule has 1 rings (SSSR count). The van der Waals surface area contributed by atoms with Crippen molar-refractivity contribution in [2.24, 2.45) is 5.73 Å². The van der Waals surface area contributed by atoms with Crippen LogP contribution < -0.4 is 5.73 Å². The van der Waals surface area contributed by atoms with E-state index in [1.807, 2.05) is 0 Å². The van der Waals surface area contributed by atoms with E-state index in [2.05, 4.69) is 102 Å². The Morgan fingerprint density at radius 2 is 1.20 bits per heavy atom. The smallest absolute Gasteiger partial charge is 0.356 e. The average molecular weight is 550 g/mol. The third kappa shape index (κ3) is 7.07. The van der Waals surface area contributed by atoms with E-state index in [-0.39, 0.29) is 21.7 Å². The van der Waals surface area contributed by atoms with E-state index in [1.54, 1.807) is 0 Å². The zero-order chi connectivity index (χ0) is 28.1. The third-order valence-electron chi connectivity index (χ3n) is 8.82. The van der Waals surface area contributed by atoms with Crippen molar-refractivity contribution >= 4 is 30.9 Å². The molecule has 0 unspecified atom stereocenters. The van der Waals surface area contributed by atoms with Gasteiger partial charge in [-0.05, 0) is 54.4 Å². The van der Waals surface area contributed by atoms with Gasteiger partial charge in [0.25, 0.3) is 0 Å². The Balaban J connectivity index is 3.59. The Bertz CT molecular complexity index is 752. The SMILES string of the molecule is COC(=O)[C@]1(N)O[C@H](CO[Si](C)(C)C(C)(C)C)[C@@H](O[Si](C)(C)C(C)(C)C)[C@@H]1O[Si](C)(C)C(C)(C)C. The summed E-state index contributed by atoms with van der Waals surface area (Å²) < 4.78 is 31.8. The van der Waals surface area contributed by atoms with Gasteiger partial charge in [0.15, 0.2) is 25.0 Å². The summed E-state index contributed by atoms with van der Waals surface area (Å²) in [7, 11) is -5.42. The Labute approximate surface area is 218 Å². The normalized spacial score (nSPS) is 27.3. The Hall–Kier alpha value is -0.0794. The highest BCUT2D eigenvalue weighted by Gasteiger charge is 2.63. The molecule has 0 bridgehead atoms. The van der Waals surface area contributed by atoms with Crippen LogP contribution in [-0.2, 0) is 27.5 Å². The van der Waals surface area contributed by atoms with Gasteiger partial charge in [0.1, 0.15) is 18.3 Å². The largest absolute Gasteiger partial charge is 0.466 e. The molecule has 208 valence electrons. The van der Waals surface area contributed by atoms with E-state index < -0.39 is 55.0 Å². The molecule has 35 heavy (non-hydrogen) atoms. The molecule has 1 heterocycles. The summed E-state index contributed by atoms with van der Waals surface area (Å²) in [5.74, 6) is -0.653. The Kier molecular flexibility index (Phi) is 9.64. The molecule has 0 radical (unpaired) electrons. The van der Waals surface area contributed by atoms with E-state index in [9.17, 15) is 4.79 Å².